The van der Waals surface area contributed by atoms with E-state index in [1.54, 1.807) is 6.92 Å². The largest absolute Gasteiger partial charge is 0.478 e. The molecule has 0 aromatic heterocycles. The van der Waals surface area contributed by atoms with E-state index in [1.807, 2.05) is 0 Å². The Morgan fingerprint density at radius 2 is 1.81 bits per heavy atom. The Balaban J connectivity index is 2.83. The number of hydrogen-bond acceptors (Lipinski definition) is 4. The molecule has 0 bridgehead atoms. The predicted molar refractivity (Wildman–Crippen MR) is 77.9 cm³/mol. The number of esters is 1. The van der Waals surface area contributed by atoms with Crippen LogP contribution in [-0.2, 0) is 14.3 Å². The highest BCUT2D eigenvalue weighted by Gasteiger charge is 2.20. The van der Waals surface area contributed by atoms with Gasteiger partial charge < -0.3 is 15.2 Å². The van der Waals surface area contributed by atoms with Crippen LogP contribution in [0.3, 0.4) is 0 Å². The summed E-state index contributed by atoms with van der Waals surface area (Å²) in [7, 11) is 0. The van der Waals surface area contributed by atoms with Gasteiger partial charge in [0.05, 0.1) is 28.8 Å². The van der Waals surface area contributed by atoms with Crippen LogP contribution in [-0.4, -0.2) is 29.6 Å². The molecule has 0 radical (unpaired) electrons. The number of rotatable bonds is 6. The average molecular weight is 334 g/mol. The summed E-state index contributed by atoms with van der Waals surface area (Å²) in [5.41, 5.74) is -0.390. The molecule has 0 saturated carbocycles. The molecule has 114 valence electrons. The Hall–Kier alpha value is -1.79. The number of carbonyl (C=O) groups excluding carboxylic acids is 2. The van der Waals surface area contributed by atoms with E-state index in [2.05, 4.69) is 10.1 Å². The summed E-state index contributed by atoms with van der Waals surface area (Å²) >= 11 is 11.7. The Morgan fingerprint density at radius 1 is 1.19 bits per heavy atom. The van der Waals surface area contributed by atoms with E-state index in [4.69, 9.17) is 28.3 Å². The number of amides is 1. The zero-order valence-electron chi connectivity index (χ0n) is 11.1. The summed E-state index contributed by atoms with van der Waals surface area (Å²) in [5, 5.41) is 11.5. The number of anilines is 1. The number of carboxylic acids is 1. The number of benzene rings is 1. The van der Waals surface area contributed by atoms with E-state index in [1.165, 1.54) is 12.1 Å². The molecule has 6 nitrogen and oxygen atoms in total. The van der Waals surface area contributed by atoms with Crippen LogP contribution in [0.5, 0.6) is 0 Å². The number of aromatic carboxylic acids is 1. The monoisotopic (exact) mass is 333 g/mol. The topological polar surface area (TPSA) is 92.7 Å². The van der Waals surface area contributed by atoms with Crippen molar-refractivity contribution in [3.63, 3.8) is 0 Å². The number of ether oxygens (including phenoxy) is 1. The lowest BCUT2D eigenvalue weighted by Crippen LogP contribution is -2.17. The highest BCUT2D eigenvalue weighted by atomic mass is 35.5. The maximum atomic E-state index is 11.7. The molecule has 0 spiro atoms. The van der Waals surface area contributed by atoms with Crippen LogP contribution < -0.4 is 5.32 Å². The van der Waals surface area contributed by atoms with E-state index >= 15 is 0 Å². The molecule has 1 aromatic rings. The van der Waals surface area contributed by atoms with Gasteiger partial charge in [0.1, 0.15) is 5.56 Å². The number of hydrogen-bond donors (Lipinski definition) is 2. The SMILES string of the molecule is CCOC(=O)CCC(=O)Nc1c(Cl)ccc(Cl)c1C(=O)O. The normalized spacial score (nSPS) is 10.0. The Bertz CT molecular complexity index is 574. The van der Waals surface area contributed by atoms with E-state index in [0.717, 1.165) is 0 Å². The lowest BCUT2D eigenvalue weighted by molar-refractivity contribution is -0.144. The van der Waals surface area contributed by atoms with Crippen molar-refractivity contribution >= 4 is 46.7 Å². The van der Waals surface area contributed by atoms with E-state index < -0.39 is 17.8 Å². The van der Waals surface area contributed by atoms with Crippen LogP contribution in [0.2, 0.25) is 10.0 Å². The smallest absolute Gasteiger partial charge is 0.339 e. The summed E-state index contributed by atoms with van der Waals surface area (Å²) in [6.45, 7) is 1.88. The first kappa shape index (κ1) is 17.3. The second-order valence-electron chi connectivity index (χ2n) is 3.94. The molecule has 2 N–H and O–H groups in total. The molecule has 0 saturated heterocycles. The highest BCUT2D eigenvalue weighted by Crippen LogP contribution is 2.32. The zero-order chi connectivity index (χ0) is 16.0. The van der Waals surface area contributed by atoms with Gasteiger partial charge in [-0.2, -0.15) is 0 Å². The van der Waals surface area contributed by atoms with Crippen LogP contribution in [0.4, 0.5) is 5.69 Å². The third kappa shape index (κ3) is 4.91. The Kier molecular flexibility index (Phi) is 6.45. The van der Waals surface area contributed by atoms with Crippen LogP contribution in [0, 0.1) is 0 Å². The number of halogens is 2. The highest BCUT2D eigenvalue weighted by molar-refractivity contribution is 6.38. The molecular weight excluding hydrogens is 321 g/mol. The second-order valence-corrected chi connectivity index (χ2v) is 4.75. The number of nitrogens with one attached hydrogen (secondary N) is 1. The van der Waals surface area contributed by atoms with E-state index in [-0.39, 0.29) is 40.7 Å². The van der Waals surface area contributed by atoms with Gasteiger partial charge >= 0.3 is 11.9 Å². The minimum Gasteiger partial charge on any atom is -0.478 e. The van der Waals surface area contributed by atoms with Crippen molar-refractivity contribution in [1.29, 1.82) is 0 Å². The van der Waals surface area contributed by atoms with Crippen molar-refractivity contribution in [2.45, 2.75) is 19.8 Å². The lowest BCUT2D eigenvalue weighted by atomic mass is 10.1. The van der Waals surface area contributed by atoms with Crippen molar-refractivity contribution in [3.05, 3.63) is 27.7 Å². The molecule has 0 aliphatic rings. The summed E-state index contributed by atoms with van der Waals surface area (Å²) in [5.74, 6) is -2.39. The van der Waals surface area contributed by atoms with E-state index in [0.29, 0.717) is 0 Å². The predicted octanol–water partition coefficient (Wildman–Crippen LogP) is 2.97. The van der Waals surface area contributed by atoms with Gasteiger partial charge in [-0.15, -0.1) is 0 Å². The van der Waals surface area contributed by atoms with Gasteiger partial charge in [-0.25, -0.2) is 4.79 Å². The fourth-order valence-corrected chi connectivity index (χ4v) is 1.98. The van der Waals surface area contributed by atoms with Gasteiger partial charge in [0.25, 0.3) is 0 Å². The van der Waals surface area contributed by atoms with Crippen molar-refractivity contribution in [1.82, 2.24) is 0 Å². The van der Waals surface area contributed by atoms with Gasteiger partial charge in [-0.1, -0.05) is 23.2 Å². The van der Waals surface area contributed by atoms with E-state index in [9.17, 15) is 14.4 Å². The molecule has 0 heterocycles. The third-order valence-electron chi connectivity index (χ3n) is 2.44. The molecule has 1 aromatic carbocycles. The maximum absolute atomic E-state index is 11.7. The summed E-state index contributed by atoms with van der Waals surface area (Å²) < 4.78 is 4.69. The van der Waals surface area contributed by atoms with Crippen LogP contribution in [0.25, 0.3) is 0 Å². The summed E-state index contributed by atoms with van der Waals surface area (Å²) in [4.78, 5) is 34.1. The molecule has 8 heteroatoms. The Morgan fingerprint density at radius 3 is 2.38 bits per heavy atom. The first-order valence-corrected chi connectivity index (χ1v) is 6.79. The molecule has 1 rings (SSSR count). The minimum absolute atomic E-state index is 0.0429. The minimum atomic E-state index is -1.32. The first-order chi connectivity index (χ1) is 9.86. The molecule has 0 unspecified atom stereocenters. The average Bonchev–Trinajstić information content (AvgIpc) is 2.40. The summed E-state index contributed by atoms with van der Waals surface area (Å²) in [6.07, 6.45) is -0.263. The van der Waals surface area contributed by atoms with Crippen LogP contribution >= 0.6 is 23.2 Å². The zero-order valence-corrected chi connectivity index (χ0v) is 12.6. The van der Waals surface area contributed by atoms with Crippen molar-refractivity contribution in [2.24, 2.45) is 0 Å². The van der Waals surface area contributed by atoms with Gasteiger partial charge in [0.2, 0.25) is 5.91 Å². The van der Waals surface area contributed by atoms with Crippen molar-refractivity contribution in [3.8, 4) is 0 Å². The maximum Gasteiger partial charge on any atom is 0.339 e. The van der Waals surface area contributed by atoms with Gasteiger partial charge in [0, 0.05) is 6.42 Å². The summed E-state index contributed by atoms with van der Waals surface area (Å²) in [6, 6.07) is 2.69. The quantitative estimate of drug-likeness (QED) is 0.780. The van der Waals surface area contributed by atoms with Gasteiger partial charge in [0.15, 0.2) is 0 Å². The number of carbonyl (C=O) groups is 3. The standard InChI is InChI=1S/C13H13Cl2NO5/c1-2-21-10(18)6-5-9(17)16-12-8(15)4-3-7(14)11(12)13(19)20/h3-4H,2,5-6H2,1H3,(H,16,17)(H,19,20). The molecule has 0 aliphatic heterocycles. The Labute approximate surface area is 131 Å². The molecule has 1 amide bonds. The molecule has 0 aliphatic carbocycles. The molecule has 21 heavy (non-hydrogen) atoms. The van der Waals surface area contributed by atoms with Crippen molar-refractivity contribution in [2.75, 3.05) is 11.9 Å². The van der Waals surface area contributed by atoms with Gasteiger partial charge in [-0.3, -0.25) is 9.59 Å². The van der Waals surface area contributed by atoms with Crippen LogP contribution in [0.1, 0.15) is 30.1 Å². The third-order valence-corrected chi connectivity index (χ3v) is 3.07. The lowest BCUT2D eigenvalue weighted by Gasteiger charge is -2.11. The number of carboxylic acid groups (broad SMARTS) is 1. The van der Waals surface area contributed by atoms with Gasteiger partial charge in [-0.05, 0) is 19.1 Å². The second kappa shape index (κ2) is 7.85. The van der Waals surface area contributed by atoms with Crippen LogP contribution in [0.15, 0.2) is 12.1 Å². The fourth-order valence-electron chi connectivity index (χ4n) is 1.53. The van der Waals surface area contributed by atoms with Crippen molar-refractivity contribution < 1.29 is 24.2 Å². The fraction of sp³-hybridized carbons (Fsp3) is 0.308. The molecule has 0 fully saturated rings. The molecule has 0 atom stereocenters. The first-order valence-electron chi connectivity index (χ1n) is 6.03. The molecular formula is C13H13Cl2NO5.